The van der Waals surface area contributed by atoms with Crippen molar-refractivity contribution >= 4 is 17.4 Å². The molecule has 0 aliphatic rings. The van der Waals surface area contributed by atoms with Crippen LogP contribution in [0, 0.1) is 13.8 Å². The van der Waals surface area contributed by atoms with Crippen LogP contribution in [0.2, 0.25) is 5.02 Å². The molecular formula is C15H17ClN2O. The molecule has 4 heteroatoms. The fourth-order valence-electron chi connectivity index (χ4n) is 1.93. The summed E-state index contributed by atoms with van der Waals surface area (Å²) in [7, 11) is 1.85. The molecule has 100 valence electrons. The van der Waals surface area contributed by atoms with E-state index in [1.54, 1.807) is 6.20 Å². The number of aryl methyl sites for hydroxylation is 2. The third kappa shape index (κ3) is 3.18. The van der Waals surface area contributed by atoms with Crippen LogP contribution >= 0.6 is 11.6 Å². The maximum atomic E-state index is 6.14. The van der Waals surface area contributed by atoms with E-state index in [2.05, 4.69) is 10.3 Å². The van der Waals surface area contributed by atoms with Crippen LogP contribution in [0.1, 0.15) is 16.7 Å². The second-order valence-electron chi connectivity index (χ2n) is 4.42. The summed E-state index contributed by atoms with van der Waals surface area (Å²) >= 11 is 6.14. The standard InChI is InChI=1S/C15H17ClN2O/c1-10-7-13(8-11(2)14(10)16)19-9-12-5-4-6-18-15(12)17-3/h4-8H,9H2,1-3H3,(H,17,18). The first kappa shape index (κ1) is 13.7. The molecule has 1 N–H and O–H groups in total. The van der Waals surface area contributed by atoms with Crippen molar-refractivity contribution in [1.82, 2.24) is 4.98 Å². The topological polar surface area (TPSA) is 34.2 Å². The van der Waals surface area contributed by atoms with Crippen LogP contribution in [-0.4, -0.2) is 12.0 Å². The highest BCUT2D eigenvalue weighted by Crippen LogP contribution is 2.26. The van der Waals surface area contributed by atoms with Gasteiger partial charge in [-0.1, -0.05) is 17.7 Å². The molecule has 0 amide bonds. The first-order chi connectivity index (χ1) is 9.11. The van der Waals surface area contributed by atoms with Crippen molar-refractivity contribution in [3.8, 4) is 5.75 Å². The molecule has 0 fully saturated rings. The Kier molecular flexibility index (Phi) is 4.27. The number of anilines is 1. The van der Waals surface area contributed by atoms with Crippen molar-refractivity contribution in [3.05, 3.63) is 52.2 Å². The maximum Gasteiger partial charge on any atom is 0.132 e. The molecule has 0 aliphatic carbocycles. The molecule has 0 saturated carbocycles. The van der Waals surface area contributed by atoms with E-state index in [1.807, 2.05) is 45.2 Å². The molecule has 1 aromatic heterocycles. The highest BCUT2D eigenvalue weighted by atomic mass is 35.5. The fraction of sp³-hybridized carbons (Fsp3) is 0.267. The quantitative estimate of drug-likeness (QED) is 0.917. The summed E-state index contributed by atoms with van der Waals surface area (Å²) in [5.74, 6) is 1.66. The lowest BCUT2D eigenvalue weighted by Crippen LogP contribution is -2.02. The van der Waals surface area contributed by atoms with Crippen LogP contribution in [0.5, 0.6) is 5.75 Å². The monoisotopic (exact) mass is 276 g/mol. The molecule has 0 radical (unpaired) electrons. The fourth-order valence-corrected chi connectivity index (χ4v) is 2.04. The number of benzene rings is 1. The number of hydrogen-bond acceptors (Lipinski definition) is 3. The summed E-state index contributed by atoms with van der Waals surface area (Å²) in [5.41, 5.74) is 3.07. The molecule has 0 spiro atoms. The molecule has 0 bridgehead atoms. The smallest absolute Gasteiger partial charge is 0.132 e. The molecule has 3 nitrogen and oxygen atoms in total. The van der Waals surface area contributed by atoms with Crippen LogP contribution in [0.15, 0.2) is 30.5 Å². The summed E-state index contributed by atoms with van der Waals surface area (Å²) in [6, 6.07) is 7.79. The Labute approximate surface area is 118 Å². The number of rotatable bonds is 4. The predicted octanol–water partition coefficient (Wildman–Crippen LogP) is 3.97. The lowest BCUT2D eigenvalue weighted by Gasteiger charge is -2.12. The molecular weight excluding hydrogens is 260 g/mol. The van der Waals surface area contributed by atoms with Crippen LogP contribution in [0.4, 0.5) is 5.82 Å². The van der Waals surface area contributed by atoms with Gasteiger partial charge < -0.3 is 10.1 Å². The second-order valence-corrected chi connectivity index (χ2v) is 4.80. The molecule has 1 aromatic carbocycles. The molecule has 19 heavy (non-hydrogen) atoms. The van der Waals surface area contributed by atoms with E-state index < -0.39 is 0 Å². The Hall–Kier alpha value is -1.74. The summed E-state index contributed by atoms with van der Waals surface area (Å²) in [5, 5.41) is 3.85. The molecule has 0 saturated heterocycles. The van der Waals surface area contributed by atoms with Gasteiger partial charge in [0.1, 0.15) is 18.2 Å². The first-order valence-electron chi connectivity index (χ1n) is 6.13. The molecule has 2 aromatic rings. The van der Waals surface area contributed by atoms with E-state index in [1.165, 1.54) is 0 Å². The Morgan fingerprint density at radius 2 is 1.95 bits per heavy atom. The maximum absolute atomic E-state index is 6.14. The average molecular weight is 277 g/mol. The van der Waals surface area contributed by atoms with Gasteiger partial charge in [0.15, 0.2) is 0 Å². The van der Waals surface area contributed by atoms with E-state index in [9.17, 15) is 0 Å². The zero-order chi connectivity index (χ0) is 13.8. The largest absolute Gasteiger partial charge is 0.489 e. The van der Waals surface area contributed by atoms with Crippen molar-refractivity contribution in [2.75, 3.05) is 12.4 Å². The summed E-state index contributed by atoms with van der Waals surface area (Å²) in [4.78, 5) is 4.25. The first-order valence-corrected chi connectivity index (χ1v) is 6.51. The van der Waals surface area contributed by atoms with Crippen molar-refractivity contribution < 1.29 is 4.74 Å². The molecule has 0 atom stereocenters. The van der Waals surface area contributed by atoms with Crippen molar-refractivity contribution in [1.29, 1.82) is 0 Å². The molecule has 2 rings (SSSR count). The van der Waals surface area contributed by atoms with Gasteiger partial charge in [-0.05, 0) is 43.2 Å². The number of halogens is 1. The zero-order valence-corrected chi connectivity index (χ0v) is 12.1. The van der Waals surface area contributed by atoms with E-state index in [0.717, 1.165) is 33.3 Å². The zero-order valence-electron chi connectivity index (χ0n) is 11.3. The number of nitrogens with one attached hydrogen (secondary N) is 1. The summed E-state index contributed by atoms with van der Waals surface area (Å²) < 4.78 is 5.81. The van der Waals surface area contributed by atoms with Crippen molar-refractivity contribution in [2.24, 2.45) is 0 Å². The van der Waals surface area contributed by atoms with Gasteiger partial charge in [-0.3, -0.25) is 0 Å². The molecule has 0 aliphatic heterocycles. The summed E-state index contributed by atoms with van der Waals surface area (Å²) in [6.07, 6.45) is 1.76. The minimum atomic E-state index is 0.477. The van der Waals surface area contributed by atoms with Gasteiger partial charge in [-0.2, -0.15) is 0 Å². The second kappa shape index (κ2) is 5.93. The van der Waals surface area contributed by atoms with Gasteiger partial charge in [-0.25, -0.2) is 4.98 Å². The minimum Gasteiger partial charge on any atom is -0.489 e. The van der Waals surface area contributed by atoms with Crippen LogP contribution in [0.3, 0.4) is 0 Å². The van der Waals surface area contributed by atoms with Crippen LogP contribution in [-0.2, 0) is 6.61 Å². The number of hydrogen-bond donors (Lipinski definition) is 1. The number of pyridine rings is 1. The Bertz CT molecular complexity index is 561. The Balaban J connectivity index is 2.15. The van der Waals surface area contributed by atoms with Gasteiger partial charge in [0.25, 0.3) is 0 Å². The predicted molar refractivity (Wildman–Crippen MR) is 79.0 cm³/mol. The average Bonchev–Trinajstić information content (AvgIpc) is 2.42. The third-order valence-corrected chi connectivity index (χ3v) is 3.53. The van der Waals surface area contributed by atoms with Gasteiger partial charge in [-0.15, -0.1) is 0 Å². The van der Waals surface area contributed by atoms with Gasteiger partial charge in [0, 0.05) is 23.8 Å². The van der Waals surface area contributed by atoms with Crippen molar-refractivity contribution in [2.45, 2.75) is 20.5 Å². The lowest BCUT2D eigenvalue weighted by molar-refractivity contribution is 0.306. The Morgan fingerprint density at radius 3 is 2.58 bits per heavy atom. The molecule has 0 unspecified atom stereocenters. The summed E-state index contributed by atoms with van der Waals surface area (Å²) in [6.45, 7) is 4.43. The van der Waals surface area contributed by atoms with E-state index >= 15 is 0 Å². The van der Waals surface area contributed by atoms with Crippen LogP contribution < -0.4 is 10.1 Å². The number of nitrogens with zero attached hydrogens (tertiary/aromatic N) is 1. The van der Waals surface area contributed by atoms with Crippen LogP contribution in [0.25, 0.3) is 0 Å². The van der Waals surface area contributed by atoms with Crippen molar-refractivity contribution in [3.63, 3.8) is 0 Å². The van der Waals surface area contributed by atoms with Gasteiger partial charge in [0.05, 0.1) is 0 Å². The van der Waals surface area contributed by atoms with Gasteiger partial charge >= 0.3 is 0 Å². The van der Waals surface area contributed by atoms with E-state index in [4.69, 9.17) is 16.3 Å². The third-order valence-electron chi connectivity index (χ3n) is 2.93. The number of ether oxygens (including phenoxy) is 1. The Morgan fingerprint density at radius 1 is 1.26 bits per heavy atom. The SMILES string of the molecule is CNc1ncccc1COc1cc(C)c(Cl)c(C)c1. The van der Waals surface area contributed by atoms with E-state index in [-0.39, 0.29) is 0 Å². The van der Waals surface area contributed by atoms with E-state index in [0.29, 0.717) is 6.61 Å². The van der Waals surface area contributed by atoms with Gasteiger partial charge in [0.2, 0.25) is 0 Å². The minimum absolute atomic E-state index is 0.477. The molecule has 1 heterocycles. The lowest BCUT2D eigenvalue weighted by atomic mass is 10.1. The highest BCUT2D eigenvalue weighted by molar-refractivity contribution is 6.32. The normalized spacial score (nSPS) is 10.3. The highest BCUT2D eigenvalue weighted by Gasteiger charge is 2.06. The number of aromatic nitrogens is 1.